The standard InChI is InChI=1S/C8H13F2NO3/c1-4(2)3-5(8(13)14)11-7(12)6(9)10/h4-6H,3H2,1-2H3,(H,11,12)(H,13,14)/t5-/m1/s1. The van der Waals surface area contributed by atoms with Gasteiger partial charge < -0.3 is 10.4 Å². The molecule has 0 bridgehead atoms. The lowest BCUT2D eigenvalue weighted by Crippen LogP contribution is -2.44. The Kier molecular flexibility index (Phi) is 5.04. The number of amides is 1. The molecule has 0 aliphatic carbocycles. The van der Waals surface area contributed by atoms with Crippen molar-refractivity contribution in [2.45, 2.75) is 32.7 Å². The maximum Gasteiger partial charge on any atom is 0.326 e. The summed E-state index contributed by atoms with van der Waals surface area (Å²) in [4.78, 5) is 21.0. The molecule has 82 valence electrons. The summed E-state index contributed by atoms with van der Waals surface area (Å²) < 4.78 is 23.6. The minimum atomic E-state index is -3.18. The second-order valence-corrected chi connectivity index (χ2v) is 3.33. The number of carbonyl (C=O) groups excluding carboxylic acids is 1. The van der Waals surface area contributed by atoms with Gasteiger partial charge in [0.05, 0.1) is 0 Å². The minimum Gasteiger partial charge on any atom is -0.480 e. The molecule has 0 fully saturated rings. The van der Waals surface area contributed by atoms with Crippen molar-refractivity contribution in [3.8, 4) is 0 Å². The van der Waals surface area contributed by atoms with Crippen LogP contribution < -0.4 is 5.32 Å². The van der Waals surface area contributed by atoms with Crippen LogP contribution in [0.2, 0.25) is 0 Å². The Morgan fingerprint density at radius 3 is 2.14 bits per heavy atom. The third kappa shape index (κ3) is 4.74. The van der Waals surface area contributed by atoms with E-state index in [1.54, 1.807) is 19.2 Å². The molecule has 4 nitrogen and oxygen atoms in total. The van der Waals surface area contributed by atoms with Crippen molar-refractivity contribution >= 4 is 11.9 Å². The number of carboxylic acids is 1. The molecule has 0 aliphatic heterocycles. The molecule has 0 radical (unpaired) electrons. The van der Waals surface area contributed by atoms with Crippen LogP contribution in [0, 0.1) is 5.92 Å². The van der Waals surface area contributed by atoms with Crippen molar-refractivity contribution < 1.29 is 23.5 Å². The van der Waals surface area contributed by atoms with Gasteiger partial charge in [-0.2, -0.15) is 8.78 Å². The van der Waals surface area contributed by atoms with E-state index in [-0.39, 0.29) is 12.3 Å². The summed E-state index contributed by atoms with van der Waals surface area (Å²) in [6, 6.07) is -1.24. The fourth-order valence-electron chi connectivity index (χ4n) is 0.928. The number of alkyl halides is 2. The van der Waals surface area contributed by atoms with Crippen molar-refractivity contribution in [3.05, 3.63) is 0 Å². The molecule has 6 heteroatoms. The molecule has 0 aromatic heterocycles. The van der Waals surface area contributed by atoms with Crippen LogP contribution in [-0.4, -0.2) is 29.5 Å². The first-order valence-corrected chi connectivity index (χ1v) is 4.16. The van der Waals surface area contributed by atoms with Crippen LogP contribution in [-0.2, 0) is 9.59 Å². The van der Waals surface area contributed by atoms with Gasteiger partial charge in [0.15, 0.2) is 0 Å². The molecule has 0 aliphatic rings. The highest BCUT2D eigenvalue weighted by molar-refractivity contribution is 5.85. The van der Waals surface area contributed by atoms with Gasteiger partial charge in [-0.05, 0) is 12.3 Å². The van der Waals surface area contributed by atoms with E-state index < -0.39 is 24.3 Å². The second-order valence-electron chi connectivity index (χ2n) is 3.33. The van der Waals surface area contributed by atoms with Crippen LogP contribution in [0.15, 0.2) is 0 Å². The first-order valence-electron chi connectivity index (χ1n) is 4.16. The van der Waals surface area contributed by atoms with Crippen LogP contribution in [0.5, 0.6) is 0 Å². The smallest absolute Gasteiger partial charge is 0.326 e. The minimum absolute atomic E-state index is 0.00840. The molecule has 0 rings (SSSR count). The van der Waals surface area contributed by atoms with Crippen LogP contribution in [0.25, 0.3) is 0 Å². The Balaban J connectivity index is 4.23. The summed E-state index contributed by atoms with van der Waals surface area (Å²) in [5.41, 5.74) is 0. The van der Waals surface area contributed by atoms with E-state index in [1.807, 2.05) is 0 Å². The Labute approximate surface area is 80.3 Å². The monoisotopic (exact) mass is 209 g/mol. The summed E-state index contributed by atoms with van der Waals surface area (Å²) in [5.74, 6) is -2.83. The lowest BCUT2D eigenvalue weighted by Gasteiger charge is -2.15. The highest BCUT2D eigenvalue weighted by atomic mass is 19.3. The van der Waals surface area contributed by atoms with Gasteiger partial charge >= 0.3 is 12.4 Å². The molecule has 0 aromatic rings. The van der Waals surface area contributed by atoms with E-state index in [4.69, 9.17) is 5.11 Å². The number of halogens is 2. The molecule has 0 spiro atoms. The Morgan fingerprint density at radius 2 is 1.86 bits per heavy atom. The molecule has 1 amide bonds. The van der Waals surface area contributed by atoms with E-state index in [0.717, 1.165) is 0 Å². The molecule has 14 heavy (non-hydrogen) atoms. The van der Waals surface area contributed by atoms with Gasteiger partial charge in [0.25, 0.3) is 5.91 Å². The maximum atomic E-state index is 11.8. The third-order valence-electron chi connectivity index (χ3n) is 1.52. The van der Waals surface area contributed by atoms with Crippen molar-refractivity contribution in [2.75, 3.05) is 0 Å². The fraction of sp³-hybridized carbons (Fsp3) is 0.750. The van der Waals surface area contributed by atoms with Gasteiger partial charge in [-0.25, -0.2) is 4.79 Å². The van der Waals surface area contributed by atoms with Crippen LogP contribution in [0.1, 0.15) is 20.3 Å². The Bertz CT molecular complexity index is 219. The summed E-state index contributed by atoms with van der Waals surface area (Å²) in [6.45, 7) is 3.48. The zero-order valence-corrected chi connectivity index (χ0v) is 7.96. The zero-order valence-electron chi connectivity index (χ0n) is 7.96. The van der Waals surface area contributed by atoms with E-state index in [9.17, 15) is 18.4 Å². The third-order valence-corrected chi connectivity index (χ3v) is 1.52. The summed E-state index contributed by atoms with van der Waals surface area (Å²) in [7, 11) is 0. The zero-order chi connectivity index (χ0) is 11.3. The number of nitrogens with one attached hydrogen (secondary N) is 1. The molecule has 0 aromatic carbocycles. The van der Waals surface area contributed by atoms with E-state index in [1.165, 1.54) is 0 Å². The first-order chi connectivity index (χ1) is 6.34. The second kappa shape index (κ2) is 5.51. The predicted molar refractivity (Wildman–Crippen MR) is 45.0 cm³/mol. The molecule has 2 N–H and O–H groups in total. The fourth-order valence-corrected chi connectivity index (χ4v) is 0.928. The average molecular weight is 209 g/mol. The van der Waals surface area contributed by atoms with Gasteiger partial charge in [0, 0.05) is 0 Å². The molecule has 0 saturated carbocycles. The highest BCUT2D eigenvalue weighted by Crippen LogP contribution is 2.05. The van der Waals surface area contributed by atoms with Gasteiger partial charge in [-0.3, -0.25) is 4.79 Å². The lowest BCUT2D eigenvalue weighted by atomic mass is 10.0. The topological polar surface area (TPSA) is 66.4 Å². The molecule has 1 atom stereocenters. The lowest BCUT2D eigenvalue weighted by molar-refractivity contribution is -0.144. The number of rotatable bonds is 5. The number of hydrogen-bond acceptors (Lipinski definition) is 2. The quantitative estimate of drug-likeness (QED) is 0.705. The summed E-state index contributed by atoms with van der Waals surface area (Å²) >= 11 is 0. The van der Waals surface area contributed by atoms with Gasteiger partial charge in [0.1, 0.15) is 6.04 Å². The van der Waals surface area contributed by atoms with E-state index in [2.05, 4.69) is 0 Å². The van der Waals surface area contributed by atoms with Gasteiger partial charge in [0.2, 0.25) is 0 Å². The predicted octanol–water partition coefficient (Wildman–Crippen LogP) is 0.867. The van der Waals surface area contributed by atoms with E-state index >= 15 is 0 Å². The van der Waals surface area contributed by atoms with Crippen molar-refractivity contribution in [1.29, 1.82) is 0 Å². The SMILES string of the molecule is CC(C)C[C@@H](NC(=O)C(F)F)C(=O)O. The number of carbonyl (C=O) groups is 2. The Morgan fingerprint density at radius 1 is 1.36 bits per heavy atom. The summed E-state index contributed by atoms with van der Waals surface area (Å²) in [6.07, 6.45) is -3.04. The van der Waals surface area contributed by atoms with Crippen LogP contribution >= 0.6 is 0 Å². The molecular weight excluding hydrogens is 196 g/mol. The average Bonchev–Trinajstić information content (AvgIpc) is 2.01. The van der Waals surface area contributed by atoms with Crippen molar-refractivity contribution in [2.24, 2.45) is 5.92 Å². The molecular formula is C8H13F2NO3. The first kappa shape index (κ1) is 12.8. The number of carboxylic acid groups (broad SMARTS) is 1. The number of aliphatic carboxylic acids is 1. The Hall–Kier alpha value is -1.20. The van der Waals surface area contributed by atoms with E-state index in [0.29, 0.717) is 0 Å². The normalized spacial score (nSPS) is 13.0. The highest BCUT2D eigenvalue weighted by Gasteiger charge is 2.25. The van der Waals surface area contributed by atoms with Crippen LogP contribution in [0.4, 0.5) is 8.78 Å². The molecule has 0 heterocycles. The van der Waals surface area contributed by atoms with Gasteiger partial charge in [-0.15, -0.1) is 0 Å². The summed E-state index contributed by atoms with van der Waals surface area (Å²) in [5, 5.41) is 10.4. The van der Waals surface area contributed by atoms with Crippen molar-refractivity contribution in [1.82, 2.24) is 5.32 Å². The van der Waals surface area contributed by atoms with Crippen molar-refractivity contribution in [3.63, 3.8) is 0 Å². The number of hydrogen-bond donors (Lipinski definition) is 2. The largest absolute Gasteiger partial charge is 0.480 e. The van der Waals surface area contributed by atoms with Crippen LogP contribution in [0.3, 0.4) is 0 Å². The molecule has 0 unspecified atom stereocenters. The van der Waals surface area contributed by atoms with Gasteiger partial charge in [-0.1, -0.05) is 13.8 Å². The maximum absolute atomic E-state index is 11.8. The molecule has 0 saturated heterocycles.